The highest BCUT2D eigenvalue weighted by molar-refractivity contribution is 5.60. The van der Waals surface area contributed by atoms with Gasteiger partial charge in [-0.25, -0.2) is 0 Å². The first kappa shape index (κ1) is 19.5. The molecule has 28 heavy (non-hydrogen) atoms. The molecule has 0 radical (unpaired) electrons. The summed E-state index contributed by atoms with van der Waals surface area (Å²) in [5.41, 5.74) is 0.272. The van der Waals surface area contributed by atoms with E-state index in [0.29, 0.717) is 5.69 Å². The summed E-state index contributed by atoms with van der Waals surface area (Å²) in [6.45, 7) is 3.88. The third-order valence-electron chi connectivity index (χ3n) is 4.75. The normalized spacial score (nSPS) is 11.5. The molecular weight excluding hydrogens is 367 g/mol. The van der Waals surface area contributed by atoms with Crippen molar-refractivity contribution >= 4 is 0 Å². The van der Waals surface area contributed by atoms with Crippen LogP contribution in [-0.4, -0.2) is 9.13 Å². The number of aryl methyl sites for hydroxylation is 3. The molecule has 144 valence electrons. The van der Waals surface area contributed by atoms with Gasteiger partial charge < -0.3 is 9.13 Å². The van der Waals surface area contributed by atoms with Crippen LogP contribution in [0, 0.1) is 25.2 Å². The molecular formula is C21H18F3N3O. The number of rotatable bonds is 3. The molecule has 2 heterocycles. The van der Waals surface area contributed by atoms with Crippen molar-refractivity contribution < 1.29 is 13.2 Å². The van der Waals surface area contributed by atoms with Gasteiger partial charge in [-0.05, 0) is 43.2 Å². The van der Waals surface area contributed by atoms with Gasteiger partial charge in [0.2, 0.25) is 0 Å². The van der Waals surface area contributed by atoms with E-state index < -0.39 is 22.9 Å². The van der Waals surface area contributed by atoms with Crippen LogP contribution in [-0.2, 0) is 19.8 Å². The predicted octanol–water partition coefficient (Wildman–Crippen LogP) is 4.41. The lowest BCUT2D eigenvalue weighted by molar-refractivity contribution is -0.137. The van der Waals surface area contributed by atoms with Gasteiger partial charge in [0, 0.05) is 13.2 Å². The quantitative estimate of drug-likeness (QED) is 0.671. The first-order valence-corrected chi connectivity index (χ1v) is 8.56. The number of alkyl halides is 3. The van der Waals surface area contributed by atoms with E-state index in [1.807, 2.05) is 32.0 Å². The van der Waals surface area contributed by atoms with Crippen LogP contribution in [0.5, 0.6) is 0 Å². The number of hydrogen-bond donors (Lipinski definition) is 0. The van der Waals surface area contributed by atoms with Crippen LogP contribution < -0.4 is 5.56 Å². The second-order valence-corrected chi connectivity index (χ2v) is 6.75. The number of pyridine rings is 1. The molecule has 0 aliphatic heterocycles. The fourth-order valence-electron chi connectivity index (χ4n) is 3.27. The molecule has 0 spiro atoms. The standard InChI is InChI=1S/C21H18F3N3O/c1-13-6-7-15(14(2)9-13)12-27-19(18-5-4-8-26(18)3)10-17(21(22,23)24)16(11-25)20(27)28/h4-10H,12H2,1-3H3. The largest absolute Gasteiger partial charge is 0.417 e. The first-order chi connectivity index (χ1) is 13.1. The molecule has 0 aliphatic rings. The van der Waals surface area contributed by atoms with Crippen molar-refractivity contribution in [1.29, 1.82) is 5.26 Å². The zero-order valence-electron chi connectivity index (χ0n) is 15.6. The van der Waals surface area contributed by atoms with Gasteiger partial charge in [-0.1, -0.05) is 23.8 Å². The smallest absolute Gasteiger partial charge is 0.349 e. The van der Waals surface area contributed by atoms with Crippen LogP contribution in [0.2, 0.25) is 0 Å². The van der Waals surface area contributed by atoms with E-state index in [2.05, 4.69) is 0 Å². The Hall–Kier alpha value is -3.27. The lowest BCUT2D eigenvalue weighted by Gasteiger charge is -2.19. The minimum Gasteiger partial charge on any atom is -0.349 e. The highest BCUT2D eigenvalue weighted by Crippen LogP contribution is 2.33. The van der Waals surface area contributed by atoms with Crippen LogP contribution in [0.1, 0.15) is 27.8 Å². The molecule has 0 saturated carbocycles. The third-order valence-corrected chi connectivity index (χ3v) is 4.75. The summed E-state index contributed by atoms with van der Waals surface area (Å²) in [5, 5.41) is 9.25. The van der Waals surface area contributed by atoms with E-state index in [1.54, 1.807) is 29.9 Å². The highest BCUT2D eigenvalue weighted by atomic mass is 19.4. The summed E-state index contributed by atoms with van der Waals surface area (Å²) in [6, 6.07) is 11.3. The van der Waals surface area contributed by atoms with Gasteiger partial charge in [0.15, 0.2) is 0 Å². The van der Waals surface area contributed by atoms with E-state index in [9.17, 15) is 23.2 Å². The molecule has 0 fully saturated rings. The first-order valence-electron chi connectivity index (χ1n) is 8.56. The van der Waals surface area contributed by atoms with E-state index >= 15 is 0 Å². The molecule has 7 heteroatoms. The Morgan fingerprint density at radius 1 is 1.11 bits per heavy atom. The second kappa shape index (κ2) is 7.04. The minimum atomic E-state index is -4.80. The molecule has 0 saturated heterocycles. The van der Waals surface area contributed by atoms with Gasteiger partial charge in [0.05, 0.1) is 23.5 Å². The Morgan fingerprint density at radius 2 is 1.82 bits per heavy atom. The Morgan fingerprint density at radius 3 is 2.36 bits per heavy atom. The van der Waals surface area contributed by atoms with Gasteiger partial charge in [-0.15, -0.1) is 0 Å². The molecule has 3 aromatic rings. The van der Waals surface area contributed by atoms with Crippen molar-refractivity contribution in [2.75, 3.05) is 0 Å². The van der Waals surface area contributed by atoms with Crippen molar-refractivity contribution in [3.8, 4) is 17.5 Å². The molecule has 0 N–H and O–H groups in total. The van der Waals surface area contributed by atoms with Crippen LogP contribution in [0.15, 0.2) is 47.4 Å². The van der Waals surface area contributed by atoms with E-state index in [0.717, 1.165) is 22.8 Å². The second-order valence-electron chi connectivity index (χ2n) is 6.75. The number of nitriles is 1. The van der Waals surface area contributed by atoms with Gasteiger partial charge in [-0.3, -0.25) is 4.79 Å². The van der Waals surface area contributed by atoms with Crippen molar-refractivity contribution in [3.63, 3.8) is 0 Å². The van der Waals surface area contributed by atoms with Crippen molar-refractivity contribution in [2.24, 2.45) is 7.05 Å². The monoisotopic (exact) mass is 385 g/mol. The zero-order valence-corrected chi connectivity index (χ0v) is 15.6. The van der Waals surface area contributed by atoms with Gasteiger partial charge in [0.1, 0.15) is 11.6 Å². The van der Waals surface area contributed by atoms with Crippen LogP contribution in [0.4, 0.5) is 13.2 Å². The maximum Gasteiger partial charge on any atom is 0.417 e. The molecule has 4 nitrogen and oxygen atoms in total. The average Bonchev–Trinajstić information content (AvgIpc) is 3.03. The summed E-state index contributed by atoms with van der Waals surface area (Å²) in [7, 11) is 1.69. The molecule has 1 aromatic carbocycles. The topological polar surface area (TPSA) is 50.7 Å². The minimum absolute atomic E-state index is 0.0677. The van der Waals surface area contributed by atoms with Crippen LogP contribution in [0.25, 0.3) is 11.4 Å². The molecule has 0 unspecified atom stereocenters. The number of aromatic nitrogens is 2. The highest BCUT2D eigenvalue weighted by Gasteiger charge is 2.36. The van der Waals surface area contributed by atoms with Crippen molar-refractivity contribution in [2.45, 2.75) is 26.6 Å². The summed E-state index contributed by atoms with van der Waals surface area (Å²) < 4.78 is 43.4. The average molecular weight is 385 g/mol. The third kappa shape index (κ3) is 3.46. The van der Waals surface area contributed by atoms with Gasteiger partial charge in [0.25, 0.3) is 5.56 Å². The maximum atomic E-state index is 13.5. The molecule has 0 atom stereocenters. The Bertz CT molecular complexity index is 1150. The Balaban J connectivity index is 2.33. The number of benzene rings is 1. The SMILES string of the molecule is Cc1ccc(Cn2c(-c3cccn3C)cc(C(F)(F)F)c(C#N)c2=O)c(C)c1. The number of hydrogen-bond acceptors (Lipinski definition) is 2. The van der Waals surface area contributed by atoms with E-state index in [-0.39, 0.29) is 12.2 Å². The molecule has 0 bridgehead atoms. The zero-order chi connectivity index (χ0) is 20.6. The fourth-order valence-corrected chi connectivity index (χ4v) is 3.27. The van der Waals surface area contributed by atoms with Crippen LogP contribution in [0.3, 0.4) is 0 Å². The van der Waals surface area contributed by atoms with E-state index in [1.165, 1.54) is 10.6 Å². The molecule has 2 aromatic heterocycles. The maximum absolute atomic E-state index is 13.5. The van der Waals surface area contributed by atoms with Crippen LogP contribution >= 0.6 is 0 Å². The number of halogens is 3. The summed E-state index contributed by atoms with van der Waals surface area (Å²) in [6.07, 6.45) is -3.12. The fraction of sp³-hybridized carbons (Fsp3) is 0.238. The van der Waals surface area contributed by atoms with Crippen molar-refractivity contribution in [1.82, 2.24) is 9.13 Å². The number of nitrogens with zero attached hydrogens (tertiary/aromatic N) is 3. The lowest BCUT2D eigenvalue weighted by Crippen LogP contribution is -2.29. The lowest BCUT2D eigenvalue weighted by atomic mass is 10.0. The predicted molar refractivity (Wildman–Crippen MR) is 99.8 cm³/mol. The molecule has 0 aliphatic carbocycles. The molecule has 3 rings (SSSR count). The van der Waals surface area contributed by atoms with Crippen molar-refractivity contribution in [3.05, 3.63) is 80.8 Å². The Labute approximate surface area is 160 Å². The summed E-state index contributed by atoms with van der Waals surface area (Å²) in [5.74, 6) is 0. The van der Waals surface area contributed by atoms with Gasteiger partial charge in [-0.2, -0.15) is 18.4 Å². The Kier molecular flexibility index (Phi) is 4.90. The summed E-state index contributed by atoms with van der Waals surface area (Å²) in [4.78, 5) is 12.9. The summed E-state index contributed by atoms with van der Waals surface area (Å²) >= 11 is 0. The molecule has 0 amide bonds. The van der Waals surface area contributed by atoms with E-state index in [4.69, 9.17) is 0 Å². The van der Waals surface area contributed by atoms with Gasteiger partial charge >= 0.3 is 6.18 Å².